The molecule has 2 aromatic rings. The maximum Gasteiger partial charge on any atom is 0.314 e. The number of aliphatic carboxylic acids is 1. The summed E-state index contributed by atoms with van der Waals surface area (Å²) >= 11 is 6.26. The van der Waals surface area contributed by atoms with E-state index in [0.29, 0.717) is 17.9 Å². The molecule has 1 aliphatic rings. The van der Waals surface area contributed by atoms with Crippen molar-refractivity contribution in [2.24, 2.45) is 7.05 Å². The first-order valence-electron chi connectivity index (χ1n) is 6.04. The molecule has 3 rings (SSSR count). The average Bonchev–Trinajstić information content (AvgIpc) is 2.56. The number of benzene rings is 1. The summed E-state index contributed by atoms with van der Waals surface area (Å²) < 4.78 is 1.96. The van der Waals surface area contributed by atoms with E-state index in [1.807, 2.05) is 36.0 Å². The minimum absolute atomic E-state index is 0.635. The van der Waals surface area contributed by atoms with Gasteiger partial charge in [0.2, 0.25) is 0 Å². The number of aryl methyl sites for hydroxylation is 1. The van der Waals surface area contributed by atoms with Crippen LogP contribution in [0.5, 0.6) is 0 Å². The lowest BCUT2D eigenvalue weighted by molar-refractivity contribution is -0.147. The fraction of sp³-hybridized carbons (Fsp3) is 0.357. The number of hydrogen-bond donors (Lipinski definition) is 1. The van der Waals surface area contributed by atoms with Crippen molar-refractivity contribution in [3.05, 3.63) is 35.0 Å². The SMILES string of the molecule is Cn1cc(C2(C(=O)O)CCC2)c2c(Cl)cccc21. The van der Waals surface area contributed by atoms with E-state index >= 15 is 0 Å². The molecule has 1 aromatic heterocycles. The van der Waals surface area contributed by atoms with Gasteiger partial charge in [-0.3, -0.25) is 4.79 Å². The Morgan fingerprint density at radius 2 is 2.17 bits per heavy atom. The number of fused-ring (bicyclic) bond motifs is 1. The molecule has 1 heterocycles. The van der Waals surface area contributed by atoms with Crippen LogP contribution in [-0.4, -0.2) is 15.6 Å². The molecule has 4 heteroatoms. The summed E-state index contributed by atoms with van der Waals surface area (Å²) in [5.41, 5.74) is 1.12. The van der Waals surface area contributed by atoms with Gasteiger partial charge in [-0.15, -0.1) is 0 Å². The predicted molar refractivity (Wildman–Crippen MR) is 71.1 cm³/mol. The van der Waals surface area contributed by atoms with Gasteiger partial charge in [-0.05, 0) is 30.5 Å². The van der Waals surface area contributed by atoms with Crippen LogP contribution in [0.3, 0.4) is 0 Å². The number of nitrogens with zero attached hydrogens (tertiary/aromatic N) is 1. The third-order valence-corrected chi connectivity index (χ3v) is 4.41. The van der Waals surface area contributed by atoms with E-state index in [2.05, 4.69) is 0 Å². The zero-order valence-electron chi connectivity index (χ0n) is 10.1. The maximum absolute atomic E-state index is 11.6. The van der Waals surface area contributed by atoms with Crippen molar-refractivity contribution in [1.82, 2.24) is 4.57 Å². The second-order valence-electron chi connectivity index (χ2n) is 5.03. The Morgan fingerprint density at radius 3 is 2.72 bits per heavy atom. The molecule has 0 aliphatic heterocycles. The van der Waals surface area contributed by atoms with Crippen LogP contribution in [-0.2, 0) is 17.3 Å². The summed E-state index contributed by atoms with van der Waals surface area (Å²) in [5.74, 6) is -0.735. The molecule has 0 radical (unpaired) electrons. The van der Waals surface area contributed by atoms with E-state index in [1.54, 1.807) is 0 Å². The van der Waals surface area contributed by atoms with Crippen molar-refractivity contribution < 1.29 is 9.90 Å². The van der Waals surface area contributed by atoms with E-state index in [4.69, 9.17) is 11.6 Å². The molecule has 18 heavy (non-hydrogen) atoms. The van der Waals surface area contributed by atoms with Crippen LogP contribution < -0.4 is 0 Å². The molecule has 1 saturated carbocycles. The first-order chi connectivity index (χ1) is 8.56. The van der Waals surface area contributed by atoms with Gasteiger partial charge in [0.15, 0.2) is 0 Å². The minimum Gasteiger partial charge on any atom is -0.481 e. The molecule has 0 saturated heterocycles. The zero-order chi connectivity index (χ0) is 12.9. The van der Waals surface area contributed by atoms with Gasteiger partial charge in [-0.1, -0.05) is 24.1 Å². The summed E-state index contributed by atoms with van der Waals surface area (Å²) in [6.07, 6.45) is 4.29. The van der Waals surface area contributed by atoms with Crippen LogP contribution in [0.15, 0.2) is 24.4 Å². The van der Waals surface area contributed by atoms with E-state index < -0.39 is 11.4 Å². The Morgan fingerprint density at radius 1 is 1.44 bits per heavy atom. The Hall–Kier alpha value is -1.48. The second kappa shape index (κ2) is 3.75. The van der Waals surface area contributed by atoms with E-state index in [-0.39, 0.29) is 0 Å². The first-order valence-corrected chi connectivity index (χ1v) is 6.41. The van der Waals surface area contributed by atoms with Crippen LogP contribution in [0.2, 0.25) is 5.02 Å². The van der Waals surface area contributed by atoms with E-state index in [1.165, 1.54) is 0 Å². The predicted octanol–water partition coefficient (Wildman–Crippen LogP) is 3.34. The van der Waals surface area contributed by atoms with Gasteiger partial charge in [0, 0.05) is 24.1 Å². The van der Waals surface area contributed by atoms with Gasteiger partial charge in [0.1, 0.15) is 0 Å². The lowest BCUT2D eigenvalue weighted by Crippen LogP contribution is -2.42. The van der Waals surface area contributed by atoms with Crippen molar-refractivity contribution in [3.8, 4) is 0 Å². The lowest BCUT2D eigenvalue weighted by atomic mass is 9.64. The lowest BCUT2D eigenvalue weighted by Gasteiger charge is -2.37. The molecule has 0 atom stereocenters. The average molecular weight is 264 g/mol. The van der Waals surface area contributed by atoms with E-state index in [9.17, 15) is 9.90 Å². The molecule has 0 amide bonds. The highest BCUT2D eigenvalue weighted by Gasteiger charge is 2.47. The topological polar surface area (TPSA) is 42.2 Å². The monoisotopic (exact) mass is 263 g/mol. The summed E-state index contributed by atoms with van der Waals surface area (Å²) in [7, 11) is 1.93. The Kier molecular flexibility index (Phi) is 2.42. The Balaban J connectivity index is 2.33. The van der Waals surface area contributed by atoms with Crippen molar-refractivity contribution in [3.63, 3.8) is 0 Å². The normalized spacial score (nSPS) is 17.7. The van der Waals surface area contributed by atoms with Crippen LogP contribution in [0, 0.1) is 0 Å². The van der Waals surface area contributed by atoms with Crippen LogP contribution in [0.25, 0.3) is 10.9 Å². The molecule has 1 aromatic carbocycles. The van der Waals surface area contributed by atoms with Crippen LogP contribution >= 0.6 is 11.6 Å². The maximum atomic E-state index is 11.6. The molecule has 1 N–H and O–H groups in total. The number of hydrogen-bond acceptors (Lipinski definition) is 1. The summed E-state index contributed by atoms with van der Waals surface area (Å²) in [4.78, 5) is 11.6. The third kappa shape index (κ3) is 1.34. The minimum atomic E-state index is -0.735. The molecular weight excluding hydrogens is 250 g/mol. The smallest absolute Gasteiger partial charge is 0.314 e. The van der Waals surface area contributed by atoms with Crippen LogP contribution in [0.1, 0.15) is 24.8 Å². The number of carbonyl (C=O) groups is 1. The van der Waals surface area contributed by atoms with Gasteiger partial charge in [-0.25, -0.2) is 0 Å². The second-order valence-corrected chi connectivity index (χ2v) is 5.44. The quantitative estimate of drug-likeness (QED) is 0.903. The highest BCUT2D eigenvalue weighted by Crippen LogP contribution is 2.48. The molecule has 94 valence electrons. The van der Waals surface area contributed by atoms with Gasteiger partial charge in [-0.2, -0.15) is 0 Å². The standard InChI is InChI=1S/C14H14ClNO2/c1-16-8-9(14(13(17)18)6-3-7-14)12-10(15)4-2-5-11(12)16/h2,4-5,8H,3,6-7H2,1H3,(H,17,18). The highest BCUT2D eigenvalue weighted by molar-refractivity contribution is 6.36. The molecular formula is C14H14ClNO2. The van der Waals surface area contributed by atoms with E-state index in [0.717, 1.165) is 22.9 Å². The molecule has 1 fully saturated rings. The number of rotatable bonds is 2. The largest absolute Gasteiger partial charge is 0.481 e. The van der Waals surface area contributed by atoms with Crippen molar-refractivity contribution in [2.75, 3.05) is 0 Å². The van der Waals surface area contributed by atoms with Gasteiger partial charge >= 0.3 is 5.97 Å². The molecule has 0 bridgehead atoms. The van der Waals surface area contributed by atoms with Crippen molar-refractivity contribution in [1.29, 1.82) is 0 Å². The first kappa shape index (κ1) is 11.6. The molecule has 0 unspecified atom stereocenters. The van der Waals surface area contributed by atoms with Crippen molar-refractivity contribution >= 4 is 28.5 Å². The number of carboxylic acid groups (broad SMARTS) is 1. The molecule has 1 aliphatic carbocycles. The fourth-order valence-corrected chi connectivity index (χ4v) is 3.16. The zero-order valence-corrected chi connectivity index (χ0v) is 10.9. The highest BCUT2D eigenvalue weighted by atomic mass is 35.5. The third-order valence-electron chi connectivity index (χ3n) is 4.10. The summed E-state index contributed by atoms with van der Waals surface area (Å²) in [6, 6.07) is 5.68. The van der Waals surface area contributed by atoms with Crippen molar-refractivity contribution in [2.45, 2.75) is 24.7 Å². The van der Waals surface area contributed by atoms with Crippen LogP contribution in [0.4, 0.5) is 0 Å². The van der Waals surface area contributed by atoms with Gasteiger partial charge in [0.25, 0.3) is 0 Å². The van der Waals surface area contributed by atoms with Gasteiger partial charge in [0.05, 0.1) is 10.4 Å². The summed E-state index contributed by atoms with van der Waals surface area (Å²) in [5, 5.41) is 11.1. The number of carboxylic acids is 1. The van der Waals surface area contributed by atoms with Gasteiger partial charge < -0.3 is 9.67 Å². The Labute approximate surface area is 110 Å². The summed E-state index contributed by atoms with van der Waals surface area (Å²) in [6.45, 7) is 0. The molecule has 3 nitrogen and oxygen atoms in total. The fourth-order valence-electron chi connectivity index (χ4n) is 2.89. The number of halogens is 1. The molecule has 0 spiro atoms. The Bertz CT molecular complexity index is 641. The number of aromatic nitrogens is 1.